The Morgan fingerprint density at radius 2 is 1.74 bits per heavy atom. The van der Waals surface area contributed by atoms with Gasteiger partial charge in [0.05, 0.1) is 0 Å². The van der Waals surface area contributed by atoms with Crippen LogP contribution in [0.25, 0.3) is 10.9 Å². The van der Waals surface area contributed by atoms with Crippen LogP contribution in [0.4, 0.5) is 4.79 Å². The summed E-state index contributed by atoms with van der Waals surface area (Å²) in [5.74, 6) is -0.303. The minimum absolute atomic E-state index is 0.0954. The highest BCUT2D eigenvalue weighted by molar-refractivity contribution is 5.91. The minimum atomic E-state index is -1.28. The van der Waals surface area contributed by atoms with Crippen molar-refractivity contribution in [2.45, 2.75) is 50.0 Å². The van der Waals surface area contributed by atoms with Gasteiger partial charge in [0, 0.05) is 35.5 Å². The van der Waals surface area contributed by atoms with Gasteiger partial charge in [-0.1, -0.05) is 61.4 Å². The second-order valence-electron chi connectivity index (χ2n) is 8.83. The van der Waals surface area contributed by atoms with Gasteiger partial charge in [-0.05, 0) is 37.0 Å². The number of para-hydroxylation sites is 1. The van der Waals surface area contributed by atoms with Crippen molar-refractivity contribution < 1.29 is 14.7 Å². The van der Waals surface area contributed by atoms with Crippen molar-refractivity contribution in [1.29, 1.82) is 0 Å². The Morgan fingerprint density at radius 1 is 1.06 bits per heavy atom. The number of carbonyl (C=O) groups is 2. The number of H-pyrrole nitrogens is 1. The Balaban J connectivity index is 1.56. The Labute approximate surface area is 182 Å². The smallest absolute Gasteiger partial charge is 0.405 e. The van der Waals surface area contributed by atoms with Crippen molar-refractivity contribution in [3.63, 3.8) is 0 Å². The van der Waals surface area contributed by atoms with Gasteiger partial charge in [-0.2, -0.15) is 0 Å². The van der Waals surface area contributed by atoms with Gasteiger partial charge in [-0.25, -0.2) is 4.79 Å². The summed E-state index contributed by atoms with van der Waals surface area (Å²) in [6.07, 6.45) is 5.19. The van der Waals surface area contributed by atoms with E-state index in [1.54, 1.807) is 6.92 Å². The Morgan fingerprint density at radius 3 is 2.45 bits per heavy atom. The Bertz CT molecular complexity index is 1070. The van der Waals surface area contributed by atoms with Crippen molar-refractivity contribution in [3.05, 3.63) is 71.9 Å². The number of carboxylic acid groups (broad SMARTS) is 1. The van der Waals surface area contributed by atoms with Crippen LogP contribution >= 0.6 is 0 Å². The van der Waals surface area contributed by atoms with Crippen LogP contribution in [0.3, 0.4) is 0 Å². The number of aromatic amines is 1. The average Bonchev–Trinajstić information content (AvgIpc) is 3.40. The quantitative estimate of drug-likeness (QED) is 0.458. The normalized spacial score (nSPS) is 17.2. The number of rotatable bonds is 7. The van der Waals surface area contributed by atoms with E-state index in [4.69, 9.17) is 0 Å². The molecule has 1 aliphatic carbocycles. The predicted molar refractivity (Wildman–Crippen MR) is 121 cm³/mol. The fourth-order valence-corrected chi connectivity index (χ4v) is 4.93. The van der Waals surface area contributed by atoms with E-state index in [0.29, 0.717) is 6.54 Å². The SMILES string of the molecule is CC(Cc1c[nH]c2ccccc12)(NC(=O)O)C(=O)NCC1(c2ccccc2)CCCC1. The highest BCUT2D eigenvalue weighted by atomic mass is 16.4. The zero-order valence-electron chi connectivity index (χ0n) is 17.8. The predicted octanol–water partition coefficient (Wildman–Crippen LogP) is 4.36. The lowest BCUT2D eigenvalue weighted by molar-refractivity contribution is -0.127. The number of amides is 2. The molecule has 1 heterocycles. The standard InChI is InChI=1S/C25H29N3O3/c1-24(28-23(30)31,15-18-16-26-21-12-6-5-11-20(18)21)22(29)27-17-25(13-7-8-14-25)19-9-3-2-4-10-19/h2-6,9-12,16,26,28H,7-8,13-15,17H2,1H3,(H,27,29)(H,30,31). The zero-order valence-corrected chi connectivity index (χ0v) is 17.8. The molecule has 31 heavy (non-hydrogen) atoms. The first-order valence-electron chi connectivity index (χ1n) is 10.8. The van der Waals surface area contributed by atoms with E-state index >= 15 is 0 Å². The minimum Gasteiger partial charge on any atom is -0.465 e. The van der Waals surface area contributed by atoms with Gasteiger partial charge in [-0.15, -0.1) is 0 Å². The molecule has 2 amide bonds. The molecule has 162 valence electrons. The van der Waals surface area contributed by atoms with Crippen LogP contribution < -0.4 is 10.6 Å². The molecule has 1 unspecified atom stereocenters. The summed E-state index contributed by atoms with van der Waals surface area (Å²) in [7, 11) is 0. The maximum Gasteiger partial charge on any atom is 0.405 e. The number of benzene rings is 2. The molecule has 4 N–H and O–H groups in total. The molecule has 6 heteroatoms. The summed E-state index contributed by atoms with van der Waals surface area (Å²) >= 11 is 0. The largest absolute Gasteiger partial charge is 0.465 e. The Hall–Kier alpha value is -3.28. The maximum absolute atomic E-state index is 13.3. The van der Waals surface area contributed by atoms with Crippen LogP contribution in [-0.4, -0.2) is 34.2 Å². The molecule has 0 aliphatic heterocycles. The van der Waals surface area contributed by atoms with Gasteiger partial charge in [0.25, 0.3) is 0 Å². The summed E-state index contributed by atoms with van der Waals surface area (Å²) in [5, 5.41) is 16.0. The monoisotopic (exact) mass is 419 g/mol. The molecule has 4 rings (SSSR count). The third-order valence-electron chi connectivity index (χ3n) is 6.64. The van der Waals surface area contributed by atoms with E-state index in [1.165, 1.54) is 5.56 Å². The van der Waals surface area contributed by atoms with E-state index in [2.05, 4.69) is 27.8 Å². The Kier molecular flexibility index (Phi) is 5.72. The van der Waals surface area contributed by atoms with E-state index in [0.717, 1.165) is 42.1 Å². The van der Waals surface area contributed by atoms with Crippen LogP contribution in [-0.2, 0) is 16.6 Å². The summed E-state index contributed by atoms with van der Waals surface area (Å²) in [5.41, 5.74) is 1.72. The summed E-state index contributed by atoms with van der Waals surface area (Å²) in [6, 6.07) is 18.1. The van der Waals surface area contributed by atoms with Crippen LogP contribution in [0.15, 0.2) is 60.8 Å². The van der Waals surface area contributed by atoms with Crippen molar-refractivity contribution in [2.24, 2.45) is 0 Å². The third-order valence-corrected chi connectivity index (χ3v) is 6.64. The second kappa shape index (κ2) is 8.46. The highest BCUT2D eigenvalue weighted by Gasteiger charge is 2.40. The van der Waals surface area contributed by atoms with E-state index < -0.39 is 11.6 Å². The summed E-state index contributed by atoms with van der Waals surface area (Å²) in [4.78, 5) is 28.1. The average molecular weight is 420 g/mol. The molecule has 0 spiro atoms. The summed E-state index contributed by atoms with van der Waals surface area (Å²) in [6.45, 7) is 2.16. The van der Waals surface area contributed by atoms with Crippen LogP contribution in [0, 0.1) is 0 Å². The molecule has 0 saturated heterocycles. The lowest BCUT2D eigenvalue weighted by atomic mass is 9.78. The number of aromatic nitrogens is 1. The fraction of sp³-hybridized carbons (Fsp3) is 0.360. The fourth-order valence-electron chi connectivity index (χ4n) is 4.93. The molecule has 3 aromatic rings. The van der Waals surface area contributed by atoms with Crippen LogP contribution in [0.2, 0.25) is 0 Å². The number of hydrogen-bond donors (Lipinski definition) is 4. The molecule has 2 aromatic carbocycles. The van der Waals surface area contributed by atoms with Gasteiger partial charge in [0.2, 0.25) is 5.91 Å². The maximum atomic E-state index is 13.3. The first-order valence-corrected chi connectivity index (χ1v) is 10.8. The first-order chi connectivity index (χ1) is 14.9. The van der Waals surface area contributed by atoms with Crippen molar-refractivity contribution in [3.8, 4) is 0 Å². The number of nitrogens with one attached hydrogen (secondary N) is 3. The van der Waals surface area contributed by atoms with Crippen molar-refractivity contribution >= 4 is 22.9 Å². The molecule has 1 saturated carbocycles. The molecular formula is C25H29N3O3. The second-order valence-corrected chi connectivity index (χ2v) is 8.83. The first kappa shape index (κ1) is 21.0. The molecule has 6 nitrogen and oxygen atoms in total. The van der Waals surface area contributed by atoms with Gasteiger partial charge in [-0.3, -0.25) is 4.79 Å². The highest BCUT2D eigenvalue weighted by Crippen LogP contribution is 2.40. The van der Waals surface area contributed by atoms with Gasteiger partial charge in [0.15, 0.2) is 0 Å². The lowest BCUT2D eigenvalue weighted by Gasteiger charge is -2.33. The van der Waals surface area contributed by atoms with Crippen LogP contribution in [0.1, 0.15) is 43.7 Å². The third kappa shape index (κ3) is 4.29. The summed E-state index contributed by atoms with van der Waals surface area (Å²) < 4.78 is 0. The van der Waals surface area contributed by atoms with Gasteiger partial charge >= 0.3 is 6.09 Å². The molecule has 1 aromatic heterocycles. The number of carbonyl (C=O) groups excluding carboxylic acids is 1. The van der Waals surface area contributed by atoms with Crippen molar-refractivity contribution in [1.82, 2.24) is 15.6 Å². The number of fused-ring (bicyclic) bond motifs is 1. The molecular weight excluding hydrogens is 390 g/mol. The lowest BCUT2D eigenvalue weighted by Crippen LogP contribution is -2.59. The van der Waals surface area contributed by atoms with Gasteiger partial charge < -0.3 is 20.7 Å². The molecule has 0 radical (unpaired) electrons. The molecule has 1 atom stereocenters. The van der Waals surface area contributed by atoms with E-state index in [9.17, 15) is 14.7 Å². The molecule has 0 bridgehead atoms. The van der Waals surface area contributed by atoms with E-state index in [-0.39, 0.29) is 17.7 Å². The van der Waals surface area contributed by atoms with Crippen molar-refractivity contribution in [2.75, 3.05) is 6.54 Å². The van der Waals surface area contributed by atoms with E-state index in [1.807, 2.05) is 48.7 Å². The molecule has 1 aliphatic rings. The molecule has 1 fully saturated rings. The van der Waals surface area contributed by atoms with Crippen LogP contribution in [0.5, 0.6) is 0 Å². The zero-order chi connectivity index (χ0) is 21.9. The number of hydrogen-bond acceptors (Lipinski definition) is 2. The topological polar surface area (TPSA) is 94.2 Å². The van der Waals surface area contributed by atoms with Gasteiger partial charge in [0.1, 0.15) is 5.54 Å².